The number of likely N-dealkylation sites (N-methyl/N-ethyl adjacent to an activating group) is 1. The minimum Gasteiger partial charge on any atom is -0.490 e. The van der Waals surface area contributed by atoms with E-state index in [2.05, 4.69) is 34.7 Å². The Morgan fingerprint density at radius 2 is 1.86 bits per heavy atom. The van der Waals surface area contributed by atoms with Crippen molar-refractivity contribution < 1.29 is 38.2 Å². The normalized spacial score (nSPS) is 20.7. The van der Waals surface area contributed by atoms with Gasteiger partial charge < -0.3 is 44.1 Å². The first-order valence-corrected chi connectivity index (χ1v) is 16.9. The number of hydrogen-bond acceptors (Lipinski definition) is 10. The maximum Gasteiger partial charge on any atom is 0.323 e. The summed E-state index contributed by atoms with van der Waals surface area (Å²) >= 11 is 0. The summed E-state index contributed by atoms with van der Waals surface area (Å²) < 4.78 is 29.0. The van der Waals surface area contributed by atoms with Crippen molar-refractivity contribution in [3.8, 4) is 17.2 Å². The third-order valence-electron chi connectivity index (χ3n) is 8.96. The van der Waals surface area contributed by atoms with Crippen molar-refractivity contribution in [3.63, 3.8) is 0 Å². The lowest BCUT2D eigenvalue weighted by atomic mass is 10.0. The predicted octanol–water partition coefficient (Wildman–Crippen LogP) is 5.59. The largest absolute Gasteiger partial charge is 0.490 e. The van der Waals surface area contributed by atoms with Gasteiger partial charge in [0.15, 0.2) is 17.3 Å². The minimum atomic E-state index is -0.504. The smallest absolute Gasteiger partial charge is 0.323 e. The number of ether oxygens (including phenoxy) is 4. The van der Waals surface area contributed by atoms with E-state index in [1.807, 2.05) is 32.0 Å². The molecule has 3 amide bonds. The molecule has 0 radical (unpaired) electrons. The molecule has 13 heteroatoms. The number of aliphatic hydroxyl groups is 1. The van der Waals surface area contributed by atoms with E-state index in [9.17, 15) is 14.7 Å². The zero-order chi connectivity index (χ0) is 35.1. The van der Waals surface area contributed by atoms with Gasteiger partial charge in [-0.2, -0.15) is 0 Å². The molecule has 0 unspecified atom stereocenters. The highest BCUT2D eigenvalue weighted by molar-refractivity contribution is 6.03. The number of nitrogens with one attached hydrogen (secondary N) is 2. The zero-order valence-electron chi connectivity index (χ0n) is 29.3. The number of carbonyl (C=O) groups excluding carboxylic acids is 2. The first-order valence-electron chi connectivity index (χ1n) is 16.9. The highest BCUT2D eigenvalue weighted by Gasteiger charge is 2.30. The van der Waals surface area contributed by atoms with Crippen LogP contribution in [0.3, 0.4) is 0 Å². The topological polar surface area (TPSA) is 148 Å². The van der Waals surface area contributed by atoms with E-state index in [0.29, 0.717) is 60.4 Å². The second-order valence-corrected chi connectivity index (χ2v) is 13.2. The van der Waals surface area contributed by atoms with Crippen LogP contribution >= 0.6 is 0 Å². The molecular weight excluding hydrogens is 630 g/mol. The summed E-state index contributed by atoms with van der Waals surface area (Å²) in [7, 11) is 2.05. The van der Waals surface area contributed by atoms with Crippen molar-refractivity contribution in [2.45, 2.75) is 78.7 Å². The first kappa shape index (κ1) is 36.0. The number of benzene rings is 2. The summed E-state index contributed by atoms with van der Waals surface area (Å²) in [6.45, 7) is 11.6. The molecule has 13 nitrogen and oxygen atoms in total. The van der Waals surface area contributed by atoms with Gasteiger partial charge in [0.2, 0.25) is 6.79 Å². The molecule has 1 aromatic heterocycles. The van der Waals surface area contributed by atoms with Crippen LogP contribution in [-0.4, -0.2) is 90.4 Å². The van der Waals surface area contributed by atoms with Crippen LogP contribution in [0.4, 0.5) is 16.2 Å². The van der Waals surface area contributed by atoms with Crippen molar-refractivity contribution in [3.05, 3.63) is 59.0 Å². The standard InChI is InChI=1S/C36H49N5O8/c1-22-17-41(23(2)20-42)35(43)29-16-28(37-36(44)38-34-25(4)39-49-26(34)5)11-13-30(29)48-24(3)9-7-8-14-45-33(22)19-40(6)18-27-10-12-31-32(15-27)47-21-46-31/h10-13,15-16,22-24,33,42H,7-9,14,17-21H2,1-6H3,(H2,37,38,44)/t22-,23+,24+,33+/m0/s1. The Kier molecular flexibility index (Phi) is 12.0. The molecule has 5 rings (SSSR count). The van der Waals surface area contributed by atoms with Crippen molar-refractivity contribution >= 4 is 23.3 Å². The van der Waals surface area contributed by atoms with E-state index in [-0.39, 0.29) is 37.4 Å². The number of rotatable bonds is 8. The summed E-state index contributed by atoms with van der Waals surface area (Å²) in [6.07, 6.45) is 2.19. The van der Waals surface area contributed by atoms with E-state index in [4.69, 9.17) is 23.5 Å². The van der Waals surface area contributed by atoms with Gasteiger partial charge >= 0.3 is 6.03 Å². The van der Waals surface area contributed by atoms with Gasteiger partial charge in [-0.15, -0.1) is 0 Å². The molecule has 0 bridgehead atoms. The molecule has 49 heavy (non-hydrogen) atoms. The van der Waals surface area contributed by atoms with Crippen LogP contribution in [0.2, 0.25) is 0 Å². The Bertz CT molecular complexity index is 1580. The average Bonchev–Trinajstić information content (AvgIpc) is 3.67. The number of nitrogens with zero attached hydrogens (tertiary/aromatic N) is 3. The molecule has 0 aliphatic carbocycles. The Balaban J connectivity index is 1.37. The molecule has 3 heterocycles. The van der Waals surface area contributed by atoms with E-state index in [1.54, 1.807) is 36.9 Å². The highest BCUT2D eigenvalue weighted by Crippen LogP contribution is 2.33. The summed E-state index contributed by atoms with van der Waals surface area (Å²) in [4.78, 5) is 31.2. The van der Waals surface area contributed by atoms with Crippen LogP contribution in [0, 0.1) is 19.8 Å². The number of anilines is 2. The van der Waals surface area contributed by atoms with Crippen LogP contribution in [0.1, 0.15) is 67.4 Å². The van der Waals surface area contributed by atoms with Crippen molar-refractivity contribution in [2.75, 3.05) is 50.8 Å². The molecule has 2 aliphatic rings. The predicted molar refractivity (Wildman–Crippen MR) is 184 cm³/mol. The van der Waals surface area contributed by atoms with Crippen LogP contribution in [0.15, 0.2) is 40.9 Å². The van der Waals surface area contributed by atoms with Gasteiger partial charge in [-0.05, 0) is 89.9 Å². The number of amides is 3. The number of hydrogen-bond donors (Lipinski definition) is 3. The van der Waals surface area contributed by atoms with E-state index >= 15 is 0 Å². The maximum atomic E-state index is 14.4. The highest BCUT2D eigenvalue weighted by atomic mass is 16.7. The second-order valence-electron chi connectivity index (χ2n) is 13.2. The Labute approximate surface area is 287 Å². The molecule has 3 aromatic rings. The van der Waals surface area contributed by atoms with E-state index < -0.39 is 12.1 Å². The van der Waals surface area contributed by atoms with E-state index in [1.165, 1.54) is 0 Å². The minimum absolute atomic E-state index is 0.0782. The van der Waals surface area contributed by atoms with Crippen molar-refractivity contribution in [1.82, 2.24) is 15.0 Å². The molecule has 0 fully saturated rings. The zero-order valence-corrected chi connectivity index (χ0v) is 29.3. The fourth-order valence-electron chi connectivity index (χ4n) is 6.12. The molecule has 0 spiro atoms. The SMILES string of the molecule is Cc1noc(C)c1NC(=O)Nc1ccc2c(c1)C(=O)N([C@H](C)CO)C[C@H](C)[C@@H](CN(C)Cc1ccc3c(c1)OCO3)OCCCC[C@@H](C)O2. The lowest BCUT2D eigenvalue weighted by Gasteiger charge is -2.36. The lowest BCUT2D eigenvalue weighted by Crippen LogP contribution is -2.47. The number of aromatic nitrogens is 1. The molecule has 4 atom stereocenters. The van der Waals surface area contributed by atoms with Crippen molar-refractivity contribution in [2.24, 2.45) is 5.92 Å². The monoisotopic (exact) mass is 679 g/mol. The van der Waals surface area contributed by atoms with Crippen molar-refractivity contribution in [1.29, 1.82) is 0 Å². The first-order chi connectivity index (χ1) is 23.5. The molecule has 2 aromatic carbocycles. The van der Waals surface area contributed by atoms with Gasteiger partial charge in [-0.1, -0.05) is 18.1 Å². The Morgan fingerprint density at radius 3 is 2.61 bits per heavy atom. The fourth-order valence-corrected chi connectivity index (χ4v) is 6.12. The third-order valence-corrected chi connectivity index (χ3v) is 8.96. The summed E-state index contributed by atoms with van der Waals surface area (Å²) in [5.74, 6) is 2.02. The summed E-state index contributed by atoms with van der Waals surface area (Å²) in [5.41, 5.74) is 2.84. The van der Waals surface area contributed by atoms with Gasteiger partial charge in [0.1, 0.15) is 17.1 Å². The lowest BCUT2D eigenvalue weighted by molar-refractivity contribution is -0.0177. The van der Waals surface area contributed by atoms with Crippen LogP contribution in [0.25, 0.3) is 0 Å². The molecular formula is C36H49N5O8. The van der Waals surface area contributed by atoms with Gasteiger partial charge in [0.25, 0.3) is 5.91 Å². The quantitative estimate of drug-likeness (QED) is 0.275. The molecule has 0 saturated carbocycles. The van der Waals surface area contributed by atoms with Crippen LogP contribution in [0.5, 0.6) is 17.2 Å². The number of aryl methyl sites for hydroxylation is 2. The van der Waals surface area contributed by atoms with Crippen LogP contribution in [-0.2, 0) is 11.3 Å². The van der Waals surface area contributed by atoms with E-state index in [0.717, 1.165) is 36.3 Å². The number of aliphatic hydroxyl groups excluding tert-OH is 1. The van der Waals surface area contributed by atoms with Gasteiger partial charge in [0.05, 0.1) is 30.4 Å². The second kappa shape index (κ2) is 16.4. The molecule has 3 N–H and O–H groups in total. The van der Waals surface area contributed by atoms with Crippen LogP contribution < -0.4 is 24.8 Å². The van der Waals surface area contributed by atoms with Gasteiger partial charge in [-0.25, -0.2) is 4.79 Å². The Hall–Kier alpha value is -4.33. The van der Waals surface area contributed by atoms with Gasteiger partial charge in [0, 0.05) is 37.8 Å². The Morgan fingerprint density at radius 1 is 1.08 bits per heavy atom. The molecule has 266 valence electrons. The number of carbonyl (C=O) groups is 2. The van der Waals surface area contributed by atoms with Gasteiger partial charge in [-0.3, -0.25) is 9.69 Å². The molecule has 0 saturated heterocycles. The summed E-state index contributed by atoms with van der Waals surface area (Å²) in [5, 5.41) is 19.7. The maximum absolute atomic E-state index is 14.4. The molecule has 2 aliphatic heterocycles. The summed E-state index contributed by atoms with van der Waals surface area (Å²) in [6, 6.07) is 10.0. The third kappa shape index (κ3) is 9.22. The number of fused-ring (bicyclic) bond motifs is 2. The average molecular weight is 680 g/mol. The fraction of sp³-hybridized carbons (Fsp3) is 0.528. The number of urea groups is 1.